The predicted octanol–water partition coefficient (Wildman–Crippen LogP) is 5.30. The van der Waals surface area contributed by atoms with Crippen LogP contribution in [0.5, 0.6) is 0 Å². The Morgan fingerprint density at radius 1 is 1.05 bits per heavy atom. The van der Waals surface area contributed by atoms with Crippen molar-refractivity contribution >= 4 is 27.8 Å². The summed E-state index contributed by atoms with van der Waals surface area (Å²) >= 11 is 0. The highest BCUT2D eigenvalue weighted by Gasteiger charge is 2.17. The number of rotatable bonds is 5. The molecule has 1 N–H and O–H groups in total. The summed E-state index contributed by atoms with van der Waals surface area (Å²) in [5, 5.41) is 3.61. The Morgan fingerprint density at radius 2 is 1.85 bits per heavy atom. The monoisotopic (exact) mass is 539 g/mol. The molecule has 1 unspecified atom stereocenters. The summed E-state index contributed by atoms with van der Waals surface area (Å²) in [6, 6.07) is 11.8. The SMILES string of the molecule is Cc1nc2cnc3ccc(C#CCNC(=O)c4cccn(C(C)c5ccc(F)c(F)c5)c4=O)cc3c2n1C(C)C. The Kier molecular flexibility index (Phi) is 7.18. The second kappa shape index (κ2) is 10.7. The number of nitrogens with zero attached hydrogens (tertiary/aromatic N) is 4. The Morgan fingerprint density at radius 3 is 2.60 bits per heavy atom. The van der Waals surface area contributed by atoms with Gasteiger partial charge in [0, 0.05) is 23.2 Å². The van der Waals surface area contributed by atoms with Gasteiger partial charge < -0.3 is 14.5 Å². The fraction of sp³-hybridized carbons (Fsp3) is 0.226. The molecule has 0 aliphatic heterocycles. The van der Waals surface area contributed by atoms with Crippen molar-refractivity contribution in [3.05, 3.63) is 105 Å². The van der Waals surface area contributed by atoms with Gasteiger partial charge in [-0.25, -0.2) is 13.8 Å². The van der Waals surface area contributed by atoms with Gasteiger partial charge in [0.2, 0.25) is 0 Å². The Bertz CT molecular complexity index is 1900. The quantitative estimate of drug-likeness (QED) is 0.307. The summed E-state index contributed by atoms with van der Waals surface area (Å²) < 4.78 is 30.5. The lowest BCUT2D eigenvalue weighted by Crippen LogP contribution is -2.34. The highest BCUT2D eigenvalue weighted by atomic mass is 19.2. The smallest absolute Gasteiger partial charge is 0.263 e. The molecule has 3 heterocycles. The second-order valence-corrected chi connectivity index (χ2v) is 9.82. The van der Waals surface area contributed by atoms with Crippen molar-refractivity contribution in [2.45, 2.75) is 39.8 Å². The number of hydrogen-bond acceptors (Lipinski definition) is 4. The molecule has 2 aromatic carbocycles. The summed E-state index contributed by atoms with van der Waals surface area (Å²) in [6.45, 7) is 7.89. The van der Waals surface area contributed by atoms with Gasteiger partial charge in [-0.2, -0.15) is 0 Å². The maximum atomic E-state index is 13.7. The molecule has 0 spiro atoms. The first-order chi connectivity index (χ1) is 19.2. The first-order valence-corrected chi connectivity index (χ1v) is 12.9. The molecule has 0 saturated heterocycles. The summed E-state index contributed by atoms with van der Waals surface area (Å²) in [6.07, 6.45) is 3.28. The fourth-order valence-electron chi connectivity index (χ4n) is 4.89. The van der Waals surface area contributed by atoms with Gasteiger partial charge >= 0.3 is 0 Å². The summed E-state index contributed by atoms with van der Waals surface area (Å²) in [4.78, 5) is 35.0. The van der Waals surface area contributed by atoms with Gasteiger partial charge in [-0.1, -0.05) is 17.9 Å². The summed E-state index contributed by atoms with van der Waals surface area (Å²) in [7, 11) is 0. The molecule has 202 valence electrons. The van der Waals surface area contributed by atoms with Crippen LogP contribution in [0.2, 0.25) is 0 Å². The molecule has 5 rings (SSSR count). The van der Waals surface area contributed by atoms with E-state index < -0.39 is 29.1 Å². The lowest BCUT2D eigenvalue weighted by Gasteiger charge is -2.16. The van der Waals surface area contributed by atoms with E-state index in [-0.39, 0.29) is 18.2 Å². The van der Waals surface area contributed by atoms with Gasteiger partial charge in [0.25, 0.3) is 11.5 Å². The number of pyridine rings is 2. The first-order valence-electron chi connectivity index (χ1n) is 12.9. The number of aryl methyl sites for hydroxylation is 1. The molecular formula is C31H27F2N5O2. The van der Waals surface area contributed by atoms with Crippen LogP contribution in [-0.4, -0.2) is 31.6 Å². The molecule has 0 bridgehead atoms. The third-order valence-electron chi connectivity index (χ3n) is 6.84. The van der Waals surface area contributed by atoms with E-state index in [1.54, 1.807) is 19.2 Å². The molecule has 1 atom stereocenters. The van der Waals surface area contributed by atoms with Crippen LogP contribution in [0.25, 0.3) is 21.9 Å². The van der Waals surface area contributed by atoms with E-state index in [4.69, 9.17) is 0 Å². The maximum Gasteiger partial charge on any atom is 0.263 e. The third kappa shape index (κ3) is 4.96. The summed E-state index contributed by atoms with van der Waals surface area (Å²) in [5.74, 6) is 4.38. The molecule has 0 aliphatic carbocycles. The molecule has 0 aliphatic rings. The Balaban J connectivity index is 1.34. The number of halogens is 2. The number of carbonyl (C=O) groups excluding carboxylic acids is 1. The van der Waals surface area contributed by atoms with E-state index in [9.17, 15) is 18.4 Å². The van der Waals surface area contributed by atoms with Gasteiger partial charge in [0.05, 0.1) is 29.8 Å². The van der Waals surface area contributed by atoms with Crippen LogP contribution in [0.3, 0.4) is 0 Å². The molecule has 3 aromatic heterocycles. The van der Waals surface area contributed by atoms with Crippen LogP contribution < -0.4 is 10.9 Å². The van der Waals surface area contributed by atoms with Crippen molar-refractivity contribution < 1.29 is 13.6 Å². The zero-order valence-electron chi connectivity index (χ0n) is 22.5. The predicted molar refractivity (Wildman–Crippen MR) is 150 cm³/mol. The fourth-order valence-corrected chi connectivity index (χ4v) is 4.89. The standard InChI is InChI=1S/C31H27F2N5O2/c1-18(2)38-20(4)36-28-17-35-27-12-9-21(15-24(27)29(28)38)7-5-13-34-30(39)23-8-6-14-37(31(23)40)19(3)22-10-11-25(32)26(33)16-22/h6,8-12,14-19H,13H2,1-4H3,(H,34,39). The van der Waals surface area contributed by atoms with Gasteiger partial charge in [-0.15, -0.1) is 0 Å². The minimum atomic E-state index is -1.00. The molecule has 0 radical (unpaired) electrons. The topological polar surface area (TPSA) is 81.8 Å². The molecule has 7 nitrogen and oxygen atoms in total. The zero-order valence-corrected chi connectivity index (χ0v) is 22.5. The van der Waals surface area contributed by atoms with Crippen LogP contribution in [0.15, 0.2) is 65.7 Å². The van der Waals surface area contributed by atoms with Crippen molar-refractivity contribution in [2.75, 3.05) is 6.54 Å². The Hall–Kier alpha value is -4.84. The van der Waals surface area contributed by atoms with Crippen molar-refractivity contribution in [1.82, 2.24) is 24.4 Å². The number of benzene rings is 2. The number of hydrogen-bond donors (Lipinski definition) is 1. The first kappa shape index (κ1) is 26.8. The minimum Gasteiger partial charge on any atom is -0.341 e. The normalized spacial score (nSPS) is 12.0. The second-order valence-electron chi connectivity index (χ2n) is 9.82. The number of carbonyl (C=O) groups is 1. The maximum absolute atomic E-state index is 13.7. The molecule has 1 amide bonds. The van der Waals surface area contributed by atoms with E-state index in [0.29, 0.717) is 5.56 Å². The van der Waals surface area contributed by atoms with E-state index >= 15 is 0 Å². The number of nitrogens with one attached hydrogen (secondary N) is 1. The van der Waals surface area contributed by atoms with Crippen LogP contribution in [0.4, 0.5) is 8.78 Å². The number of amides is 1. The lowest BCUT2D eigenvalue weighted by atomic mass is 10.1. The van der Waals surface area contributed by atoms with Crippen molar-refractivity contribution in [3.63, 3.8) is 0 Å². The van der Waals surface area contributed by atoms with E-state index in [2.05, 4.69) is 45.5 Å². The molecule has 0 fully saturated rings. The zero-order chi connectivity index (χ0) is 28.6. The largest absolute Gasteiger partial charge is 0.341 e. The van der Waals surface area contributed by atoms with Crippen molar-refractivity contribution in [2.24, 2.45) is 0 Å². The van der Waals surface area contributed by atoms with Crippen molar-refractivity contribution in [1.29, 1.82) is 0 Å². The van der Waals surface area contributed by atoms with E-state index in [1.807, 2.05) is 25.1 Å². The molecular weight excluding hydrogens is 512 g/mol. The highest BCUT2D eigenvalue weighted by Crippen LogP contribution is 2.28. The number of fused-ring (bicyclic) bond motifs is 3. The number of imidazole rings is 1. The van der Waals surface area contributed by atoms with Crippen LogP contribution >= 0.6 is 0 Å². The van der Waals surface area contributed by atoms with Gasteiger partial charge in [-0.3, -0.25) is 14.6 Å². The number of aromatic nitrogens is 4. The summed E-state index contributed by atoms with van der Waals surface area (Å²) in [5.41, 5.74) is 3.21. The van der Waals surface area contributed by atoms with Gasteiger partial charge in [0.15, 0.2) is 11.6 Å². The van der Waals surface area contributed by atoms with Crippen molar-refractivity contribution in [3.8, 4) is 11.8 Å². The van der Waals surface area contributed by atoms with Crippen LogP contribution in [-0.2, 0) is 0 Å². The molecule has 40 heavy (non-hydrogen) atoms. The molecule has 9 heteroatoms. The van der Waals surface area contributed by atoms with E-state index in [0.717, 1.165) is 45.5 Å². The van der Waals surface area contributed by atoms with Crippen LogP contribution in [0, 0.1) is 30.4 Å². The minimum absolute atomic E-state index is 0.0232. The Labute approximate surface area is 229 Å². The lowest BCUT2D eigenvalue weighted by molar-refractivity contribution is 0.0956. The van der Waals surface area contributed by atoms with E-state index in [1.165, 1.54) is 22.9 Å². The average molecular weight is 540 g/mol. The third-order valence-corrected chi connectivity index (χ3v) is 6.84. The molecule has 5 aromatic rings. The van der Waals surface area contributed by atoms with Crippen LogP contribution in [0.1, 0.15) is 60.2 Å². The highest BCUT2D eigenvalue weighted by molar-refractivity contribution is 6.03. The molecule has 0 saturated carbocycles. The van der Waals surface area contributed by atoms with Gasteiger partial charge in [-0.05, 0) is 75.7 Å². The van der Waals surface area contributed by atoms with Gasteiger partial charge in [0.1, 0.15) is 16.9 Å². The average Bonchev–Trinajstić information content (AvgIpc) is 3.28.